The Kier molecular flexibility index (Phi) is 5.33. The number of nitrogens with zero attached hydrogens (tertiary/aromatic N) is 1. The van der Waals surface area contributed by atoms with Crippen molar-refractivity contribution in [1.29, 1.82) is 0 Å². The molecular weight excluding hydrogens is 336 g/mol. The van der Waals surface area contributed by atoms with Gasteiger partial charge in [-0.3, -0.25) is 4.79 Å². The summed E-state index contributed by atoms with van der Waals surface area (Å²) in [6, 6.07) is 4.36. The minimum absolute atomic E-state index is 0.0618. The summed E-state index contributed by atoms with van der Waals surface area (Å²) >= 11 is 3.21. The van der Waals surface area contributed by atoms with Crippen LogP contribution in [-0.4, -0.2) is 47.0 Å². The second-order valence-electron chi connectivity index (χ2n) is 3.91. The summed E-state index contributed by atoms with van der Waals surface area (Å²) in [7, 11) is 0.881. The van der Waals surface area contributed by atoms with E-state index in [4.69, 9.17) is 4.74 Å². The molecule has 0 aromatic heterocycles. The fourth-order valence-electron chi connectivity index (χ4n) is 1.21. The van der Waals surface area contributed by atoms with Crippen molar-refractivity contribution >= 4 is 31.9 Å². The summed E-state index contributed by atoms with van der Waals surface area (Å²) in [5.74, 6) is 0.208. The molecule has 1 amide bonds. The van der Waals surface area contributed by atoms with Crippen LogP contribution >= 0.6 is 15.9 Å². The minimum Gasteiger partial charge on any atom is -0.496 e. The second kappa shape index (κ2) is 6.36. The topological polar surface area (TPSA) is 75.7 Å². The van der Waals surface area contributed by atoms with E-state index in [-0.39, 0.29) is 17.3 Å². The number of halogens is 1. The predicted octanol–water partition coefficient (Wildman–Crippen LogP) is 0.824. The van der Waals surface area contributed by atoms with Crippen molar-refractivity contribution in [1.82, 2.24) is 9.62 Å². The van der Waals surface area contributed by atoms with Crippen LogP contribution < -0.4 is 9.46 Å². The Balaban J connectivity index is 2.89. The van der Waals surface area contributed by atoms with Gasteiger partial charge in [0.15, 0.2) is 0 Å². The Morgan fingerprint density at radius 3 is 2.53 bits per heavy atom. The third-order valence-corrected chi connectivity index (χ3v) is 4.36. The van der Waals surface area contributed by atoms with Crippen LogP contribution in [-0.2, 0) is 14.8 Å². The van der Waals surface area contributed by atoms with E-state index in [0.717, 1.165) is 0 Å². The van der Waals surface area contributed by atoms with E-state index in [0.29, 0.717) is 10.2 Å². The molecule has 0 heterocycles. The summed E-state index contributed by atoms with van der Waals surface area (Å²) in [6.45, 7) is -0.279. The van der Waals surface area contributed by atoms with Crippen LogP contribution in [0.5, 0.6) is 5.75 Å². The number of likely N-dealkylation sites (N-methyl/N-ethyl adjacent to an activating group) is 1. The summed E-state index contributed by atoms with van der Waals surface area (Å²) in [4.78, 5) is 12.7. The second-order valence-corrected chi connectivity index (χ2v) is 6.53. The number of hydrogen-bond acceptors (Lipinski definition) is 4. The molecule has 1 aromatic rings. The molecule has 19 heavy (non-hydrogen) atoms. The van der Waals surface area contributed by atoms with Crippen molar-refractivity contribution in [2.75, 3.05) is 27.7 Å². The van der Waals surface area contributed by atoms with Crippen LogP contribution in [0.2, 0.25) is 0 Å². The van der Waals surface area contributed by atoms with Crippen molar-refractivity contribution in [3.05, 3.63) is 22.7 Å². The first-order valence-corrected chi connectivity index (χ1v) is 7.59. The maximum atomic E-state index is 12.0. The summed E-state index contributed by atoms with van der Waals surface area (Å²) < 4.78 is 31.7. The Bertz CT molecular complexity index is 572. The van der Waals surface area contributed by atoms with Crippen LogP contribution in [0, 0.1) is 0 Å². The Labute approximate surface area is 120 Å². The summed E-state index contributed by atoms with van der Waals surface area (Å²) in [5.41, 5.74) is 0. The van der Waals surface area contributed by atoms with Crippen molar-refractivity contribution in [2.45, 2.75) is 4.90 Å². The molecule has 0 fully saturated rings. The number of ether oxygens (including phenoxy) is 1. The molecule has 0 saturated carbocycles. The third-order valence-electron chi connectivity index (χ3n) is 2.35. The molecule has 0 aliphatic carbocycles. The molecule has 8 heteroatoms. The molecule has 1 N–H and O–H groups in total. The van der Waals surface area contributed by atoms with E-state index in [1.807, 2.05) is 0 Å². The number of benzene rings is 1. The van der Waals surface area contributed by atoms with Gasteiger partial charge in [0, 0.05) is 14.1 Å². The van der Waals surface area contributed by atoms with Gasteiger partial charge in [0.1, 0.15) is 5.75 Å². The molecule has 106 valence electrons. The van der Waals surface area contributed by atoms with Gasteiger partial charge >= 0.3 is 0 Å². The molecular formula is C11H15BrN2O4S. The molecule has 0 saturated heterocycles. The van der Waals surface area contributed by atoms with Crippen LogP contribution in [0.4, 0.5) is 0 Å². The summed E-state index contributed by atoms with van der Waals surface area (Å²) in [5, 5.41) is 0. The molecule has 0 radical (unpaired) electrons. The Hall–Kier alpha value is -1.12. The van der Waals surface area contributed by atoms with E-state index in [1.54, 1.807) is 14.1 Å². The Morgan fingerprint density at radius 1 is 1.42 bits per heavy atom. The number of amides is 1. The zero-order chi connectivity index (χ0) is 14.6. The highest BCUT2D eigenvalue weighted by Gasteiger charge is 2.17. The normalized spacial score (nSPS) is 11.2. The van der Waals surface area contributed by atoms with E-state index in [9.17, 15) is 13.2 Å². The van der Waals surface area contributed by atoms with Gasteiger partial charge in [-0.2, -0.15) is 0 Å². The van der Waals surface area contributed by atoms with E-state index in [1.165, 1.54) is 30.2 Å². The van der Waals surface area contributed by atoms with Crippen LogP contribution in [0.15, 0.2) is 27.6 Å². The standard InChI is InChI=1S/C11H15BrN2O4S/c1-14(2)11(15)7-13-19(16,17)8-4-5-10(18-3)9(12)6-8/h4-6,13H,7H2,1-3H3. The van der Waals surface area contributed by atoms with Crippen LogP contribution in [0.3, 0.4) is 0 Å². The molecule has 0 unspecified atom stereocenters. The number of nitrogens with one attached hydrogen (secondary N) is 1. The lowest BCUT2D eigenvalue weighted by molar-refractivity contribution is -0.127. The molecule has 1 rings (SSSR count). The van der Waals surface area contributed by atoms with E-state index in [2.05, 4.69) is 20.7 Å². The van der Waals surface area contributed by atoms with Crippen LogP contribution in [0.1, 0.15) is 0 Å². The fourth-order valence-corrected chi connectivity index (χ4v) is 2.91. The average molecular weight is 351 g/mol. The van der Waals surface area contributed by atoms with Gasteiger partial charge in [-0.05, 0) is 34.1 Å². The van der Waals surface area contributed by atoms with Gasteiger partial charge in [0.05, 0.1) is 23.0 Å². The highest BCUT2D eigenvalue weighted by Crippen LogP contribution is 2.27. The first-order chi connectivity index (χ1) is 8.77. The monoisotopic (exact) mass is 350 g/mol. The molecule has 1 aromatic carbocycles. The largest absolute Gasteiger partial charge is 0.496 e. The highest BCUT2D eigenvalue weighted by atomic mass is 79.9. The average Bonchev–Trinajstić information content (AvgIpc) is 2.35. The number of carbonyl (C=O) groups is 1. The van der Waals surface area contributed by atoms with E-state index >= 15 is 0 Å². The number of rotatable bonds is 5. The van der Waals surface area contributed by atoms with Gasteiger partial charge in [-0.25, -0.2) is 13.1 Å². The van der Waals surface area contributed by atoms with Gasteiger partial charge in [-0.1, -0.05) is 0 Å². The molecule has 0 atom stereocenters. The van der Waals surface area contributed by atoms with Gasteiger partial charge in [0.25, 0.3) is 0 Å². The van der Waals surface area contributed by atoms with Crippen LogP contribution in [0.25, 0.3) is 0 Å². The fraction of sp³-hybridized carbons (Fsp3) is 0.364. The van der Waals surface area contributed by atoms with Crippen molar-refractivity contribution in [3.63, 3.8) is 0 Å². The molecule has 6 nitrogen and oxygen atoms in total. The van der Waals surface area contributed by atoms with Gasteiger partial charge in [-0.15, -0.1) is 0 Å². The van der Waals surface area contributed by atoms with Crippen molar-refractivity contribution in [3.8, 4) is 5.75 Å². The number of methoxy groups -OCH3 is 1. The number of carbonyl (C=O) groups excluding carboxylic acids is 1. The van der Waals surface area contributed by atoms with Crippen molar-refractivity contribution in [2.24, 2.45) is 0 Å². The minimum atomic E-state index is -3.72. The maximum absolute atomic E-state index is 12.0. The van der Waals surface area contributed by atoms with Gasteiger partial charge < -0.3 is 9.64 Å². The first kappa shape index (κ1) is 15.9. The maximum Gasteiger partial charge on any atom is 0.241 e. The smallest absolute Gasteiger partial charge is 0.241 e. The lowest BCUT2D eigenvalue weighted by Crippen LogP contribution is -2.36. The molecule has 0 bridgehead atoms. The lowest BCUT2D eigenvalue weighted by atomic mass is 10.3. The molecule has 0 spiro atoms. The zero-order valence-electron chi connectivity index (χ0n) is 10.8. The van der Waals surface area contributed by atoms with Gasteiger partial charge in [0.2, 0.25) is 15.9 Å². The number of sulfonamides is 1. The predicted molar refractivity (Wildman–Crippen MR) is 74.6 cm³/mol. The molecule has 0 aliphatic heterocycles. The third kappa shape index (κ3) is 4.19. The first-order valence-electron chi connectivity index (χ1n) is 5.31. The van der Waals surface area contributed by atoms with E-state index < -0.39 is 10.0 Å². The van der Waals surface area contributed by atoms with Crippen molar-refractivity contribution < 1.29 is 17.9 Å². The SMILES string of the molecule is COc1ccc(S(=O)(=O)NCC(=O)N(C)C)cc1Br. The zero-order valence-corrected chi connectivity index (χ0v) is 13.2. The summed E-state index contributed by atoms with van der Waals surface area (Å²) in [6.07, 6.45) is 0. The Morgan fingerprint density at radius 2 is 2.05 bits per heavy atom. The highest BCUT2D eigenvalue weighted by molar-refractivity contribution is 9.10. The quantitative estimate of drug-likeness (QED) is 0.853. The lowest BCUT2D eigenvalue weighted by Gasteiger charge is -2.12. The number of hydrogen-bond donors (Lipinski definition) is 1. The molecule has 0 aliphatic rings.